The summed E-state index contributed by atoms with van der Waals surface area (Å²) in [7, 11) is -3.38. The van der Waals surface area contributed by atoms with Gasteiger partial charge in [0.2, 0.25) is 10.0 Å². The lowest BCUT2D eigenvalue weighted by Gasteiger charge is -2.07. The molecule has 120 valence electrons. The van der Waals surface area contributed by atoms with E-state index in [9.17, 15) is 13.2 Å². The van der Waals surface area contributed by atoms with Gasteiger partial charge < -0.3 is 4.42 Å². The molecule has 2 aromatic carbocycles. The number of hydrogen-bond donors (Lipinski definition) is 2. The van der Waals surface area contributed by atoms with Gasteiger partial charge in [0.1, 0.15) is 0 Å². The van der Waals surface area contributed by atoms with E-state index in [0.29, 0.717) is 17.5 Å². The fourth-order valence-electron chi connectivity index (χ4n) is 2.26. The summed E-state index contributed by atoms with van der Waals surface area (Å²) in [5, 5.41) is 0. The first-order valence-corrected chi connectivity index (χ1v) is 8.80. The Morgan fingerprint density at radius 1 is 1.04 bits per heavy atom. The van der Waals surface area contributed by atoms with Crippen LogP contribution in [0.4, 0.5) is 0 Å². The number of aryl methyl sites for hydroxylation is 1. The first kappa shape index (κ1) is 15.5. The number of benzene rings is 2. The predicted octanol–water partition coefficient (Wildman–Crippen LogP) is 1.78. The second-order valence-electron chi connectivity index (χ2n) is 5.22. The number of fused-ring (bicyclic) bond motifs is 1. The van der Waals surface area contributed by atoms with E-state index < -0.39 is 15.8 Å². The molecule has 0 unspecified atom stereocenters. The van der Waals surface area contributed by atoms with Gasteiger partial charge in [-0.05, 0) is 29.7 Å². The lowest BCUT2D eigenvalue weighted by Crippen LogP contribution is -2.26. The van der Waals surface area contributed by atoms with Crippen molar-refractivity contribution >= 4 is 21.1 Å². The highest BCUT2D eigenvalue weighted by molar-refractivity contribution is 7.89. The molecule has 0 aliphatic rings. The maximum Gasteiger partial charge on any atom is 0.417 e. The predicted molar refractivity (Wildman–Crippen MR) is 87.6 cm³/mol. The average Bonchev–Trinajstić information content (AvgIpc) is 2.91. The van der Waals surface area contributed by atoms with Crippen LogP contribution in [0.2, 0.25) is 0 Å². The van der Waals surface area contributed by atoms with E-state index in [0.717, 1.165) is 11.1 Å². The van der Waals surface area contributed by atoms with Gasteiger partial charge in [-0.3, -0.25) is 4.98 Å². The Hall–Kier alpha value is -2.38. The molecule has 0 aliphatic heterocycles. The van der Waals surface area contributed by atoms with Gasteiger partial charge in [-0.15, -0.1) is 0 Å². The maximum absolute atomic E-state index is 12.1. The Labute approximate surface area is 133 Å². The van der Waals surface area contributed by atoms with Gasteiger partial charge in [-0.2, -0.15) is 0 Å². The summed E-state index contributed by atoms with van der Waals surface area (Å²) >= 11 is 0. The summed E-state index contributed by atoms with van der Waals surface area (Å²) in [5.74, 6) is -0.501. The summed E-state index contributed by atoms with van der Waals surface area (Å²) in [6.45, 7) is 0.155. The van der Waals surface area contributed by atoms with Gasteiger partial charge in [0.15, 0.2) is 5.58 Å². The lowest BCUT2D eigenvalue weighted by molar-refractivity contribution is 0.554. The van der Waals surface area contributed by atoms with Gasteiger partial charge in [-0.25, -0.2) is 17.9 Å². The first-order valence-electron chi connectivity index (χ1n) is 7.15. The van der Waals surface area contributed by atoms with Crippen molar-refractivity contribution in [2.45, 2.75) is 13.0 Å². The molecule has 0 saturated heterocycles. The quantitative estimate of drug-likeness (QED) is 0.720. The first-order chi connectivity index (χ1) is 11.0. The van der Waals surface area contributed by atoms with Crippen LogP contribution in [0.3, 0.4) is 0 Å². The number of aromatic amines is 1. The van der Waals surface area contributed by atoms with Crippen LogP contribution in [0.1, 0.15) is 11.1 Å². The summed E-state index contributed by atoms with van der Waals surface area (Å²) in [6.07, 6.45) is 0.460. The SMILES string of the molecule is O=c1[nH]c2ccc(CNS(=O)(=O)CCc3ccccc3)cc2o1. The Bertz CT molecular complexity index is 958. The van der Waals surface area contributed by atoms with E-state index in [4.69, 9.17) is 4.42 Å². The van der Waals surface area contributed by atoms with Crippen molar-refractivity contribution in [3.63, 3.8) is 0 Å². The second-order valence-corrected chi connectivity index (χ2v) is 7.15. The van der Waals surface area contributed by atoms with Crippen LogP contribution in [-0.4, -0.2) is 19.2 Å². The van der Waals surface area contributed by atoms with Gasteiger partial charge in [0.25, 0.3) is 0 Å². The molecule has 0 atom stereocenters. The zero-order valence-electron chi connectivity index (χ0n) is 12.3. The molecule has 23 heavy (non-hydrogen) atoms. The van der Waals surface area contributed by atoms with Crippen molar-refractivity contribution in [1.82, 2.24) is 9.71 Å². The van der Waals surface area contributed by atoms with Crippen molar-refractivity contribution in [2.24, 2.45) is 0 Å². The zero-order valence-corrected chi connectivity index (χ0v) is 13.1. The topological polar surface area (TPSA) is 92.2 Å². The molecule has 1 heterocycles. The third-order valence-corrected chi connectivity index (χ3v) is 4.81. The number of rotatable bonds is 6. The monoisotopic (exact) mass is 332 g/mol. The number of aromatic nitrogens is 1. The van der Waals surface area contributed by atoms with Gasteiger partial charge in [0.05, 0.1) is 11.3 Å². The van der Waals surface area contributed by atoms with Crippen LogP contribution >= 0.6 is 0 Å². The summed E-state index contributed by atoms with van der Waals surface area (Å²) in [5.41, 5.74) is 2.71. The molecular formula is C16H16N2O4S. The average molecular weight is 332 g/mol. The Balaban J connectivity index is 1.62. The van der Waals surface area contributed by atoms with Crippen molar-refractivity contribution in [3.8, 4) is 0 Å². The number of hydrogen-bond acceptors (Lipinski definition) is 4. The van der Waals surface area contributed by atoms with Crippen LogP contribution < -0.4 is 10.5 Å². The second kappa shape index (κ2) is 6.39. The highest BCUT2D eigenvalue weighted by Crippen LogP contribution is 2.12. The van der Waals surface area contributed by atoms with E-state index >= 15 is 0 Å². The number of sulfonamides is 1. The van der Waals surface area contributed by atoms with Crippen LogP contribution in [0.5, 0.6) is 0 Å². The molecule has 0 amide bonds. The summed E-state index contributed by atoms with van der Waals surface area (Å²) < 4.78 is 31.6. The van der Waals surface area contributed by atoms with Gasteiger partial charge in [-0.1, -0.05) is 36.4 Å². The molecule has 7 heteroatoms. The molecule has 0 fully saturated rings. The molecule has 6 nitrogen and oxygen atoms in total. The Morgan fingerprint density at radius 2 is 1.83 bits per heavy atom. The van der Waals surface area contributed by atoms with E-state index in [-0.39, 0.29) is 12.3 Å². The minimum atomic E-state index is -3.38. The zero-order chi connectivity index (χ0) is 16.3. The molecule has 0 saturated carbocycles. The minimum Gasteiger partial charge on any atom is -0.408 e. The maximum atomic E-state index is 12.1. The van der Waals surface area contributed by atoms with E-state index in [1.165, 1.54) is 0 Å². The summed E-state index contributed by atoms with van der Waals surface area (Å²) in [6, 6.07) is 14.5. The van der Waals surface area contributed by atoms with Crippen molar-refractivity contribution in [2.75, 3.05) is 5.75 Å². The molecule has 3 rings (SSSR count). The van der Waals surface area contributed by atoms with Crippen LogP contribution in [0.25, 0.3) is 11.1 Å². The highest BCUT2D eigenvalue weighted by Gasteiger charge is 2.11. The Morgan fingerprint density at radius 3 is 2.61 bits per heavy atom. The van der Waals surface area contributed by atoms with Gasteiger partial charge >= 0.3 is 5.76 Å². The Kier molecular flexibility index (Phi) is 4.31. The smallest absolute Gasteiger partial charge is 0.408 e. The molecule has 0 spiro atoms. The summed E-state index contributed by atoms with van der Waals surface area (Å²) in [4.78, 5) is 13.6. The molecule has 0 radical (unpaired) electrons. The van der Waals surface area contributed by atoms with E-state index in [1.807, 2.05) is 30.3 Å². The van der Waals surface area contributed by atoms with Crippen molar-refractivity contribution in [1.29, 1.82) is 0 Å². The normalized spacial score (nSPS) is 11.8. The number of nitrogens with one attached hydrogen (secondary N) is 2. The standard InChI is InChI=1S/C16H16N2O4S/c19-16-18-14-7-6-13(10-15(14)22-16)11-17-23(20,21)9-8-12-4-2-1-3-5-12/h1-7,10,17H,8-9,11H2,(H,18,19). The fourth-order valence-corrected chi connectivity index (χ4v) is 3.30. The molecule has 0 aliphatic carbocycles. The molecule has 0 bridgehead atoms. The largest absolute Gasteiger partial charge is 0.417 e. The fraction of sp³-hybridized carbons (Fsp3) is 0.188. The molecule has 3 aromatic rings. The van der Waals surface area contributed by atoms with Crippen LogP contribution in [0.15, 0.2) is 57.7 Å². The van der Waals surface area contributed by atoms with Crippen molar-refractivity contribution in [3.05, 3.63) is 70.2 Å². The third-order valence-electron chi connectivity index (χ3n) is 3.48. The van der Waals surface area contributed by atoms with E-state index in [2.05, 4.69) is 9.71 Å². The number of H-pyrrole nitrogens is 1. The van der Waals surface area contributed by atoms with Crippen LogP contribution in [-0.2, 0) is 23.0 Å². The van der Waals surface area contributed by atoms with Crippen molar-refractivity contribution < 1.29 is 12.8 Å². The molecule has 1 aromatic heterocycles. The van der Waals surface area contributed by atoms with Crippen LogP contribution in [0, 0.1) is 0 Å². The van der Waals surface area contributed by atoms with Gasteiger partial charge in [0, 0.05) is 6.54 Å². The van der Waals surface area contributed by atoms with E-state index in [1.54, 1.807) is 18.2 Å². The third kappa shape index (κ3) is 4.08. The lowest BCUT2D eigenvalue weighted by atomic mass is 10.2. The minimum absolute atomic E-state index is 0.0263. The number of oxazole rings is 1. The molecule has 2 N–H and O–H groups in total. The molecular weight excluding hydrogens is 316 g/mol. The highest BCUT2D eigenvalue weighted by atomic mass is 32.2.